The molecule has 0 aliphatic carbocycles. The zero-order valence-electron chi connectivity index (χ0n) is 22.7. The van der Waals surface area contributed by atoms with Gasteiger partial charge in [0.1, 0.15) is 19.3 Å². The van der Waals surface area contributed by atoms with E-state index in [9.17, 15) is 4.79 Å². The Morgan fingerprint density at radius 2 is 1.88 bits per heavy atom. The van der Waals surface area contributed by atoms with Crippen LogP contribution < -0.4 is 14.8 Å². The Hall–Kier alpha value is -3.47. The third kappa shape index (κ3) is 6.39. The highest BCUT2D eigenvalue weighted by Gasteiger charge is 2.36. The van der Waals surface area contributed by atoms with Gasteiger partial charge in [-0.05, 0) is 57.9 Å². The highest BCUT2D eigenvalue weighted by Crippen LogP contribution is 2.43. The number of methoxy groups -OCH3 is 1. The molecule has 1 aliphatic heterocycles. The molecule has 1 aliphatic rings. The van der Waals surface area contributed by atoms with Crippen LogP contribution in [0.3, 0.4) is 0 Å². The number of carbonyl (C=O) groups is 1. The van der Waals surface area contributed by atoms with Crippen molar-refractivity contribution in [3.05, 3.63) is 104 Å². The minimum absolute atomic E-state index is 0.145. The summed E-state index contributed by atoms with van der Waals surface area (Å²) in [6.07, 6.45) is 0. The molecule has 3 aromatic carbocycles. The highest BCUT2D eigenvalue weighted by atomic mass is 79.9. The number of thioether (sulfide) groups is 1. The summed E-state index contributed by atoms with van der Waals surface area (Å²) in [5.74, 6) is 1.89. The third-order valence-corrected chi connectivity index (χ3v) is 8.11. The summed E-state index contributed by atoms with van der Waals surface area (Å²) in [5, 5.41) is 9.21. The summed E-state index contributed by atoms with van der Waals surface area (Å²) in [4.78, 5) is 18.3. The van der Waals surface area contributed by atoms with E-state index in [-0.39, 0.29) is 13.2 Å². The molecule has 1 atom stereocenters. The number of ether oxygens (including phenoxy) is 3. The Balaban J connectivity index is 1.52. The predicted octanol–water partition coefficient (Wildman–Crippen LogP) is 7.43. The molecule has 41 heavy (non-hydrogen) atoms. The molecule has 1 aromatic heterocycles. The maximum absolute atomic E-state index is 13.6. The van der Waals surface area contributed by atoms with Gasteiger partial charge < -0.3 is 19.5 Å². The maximum atomic E-state index is 13.6. The van der Waals surface area contributed by atoms with E-state index in [1.165, 1.54) is 11.8 Å². The van der Waals surface area contributed by atoms with Gasteiger partial charge in [-0.2, -0.15) is 4.98 Å². The SMILES string of the molecule is CCSc1nc2n(n1)C(c1cc(Br)c(OCc3ccccc3Cl)c(OC)c1)C(C(=O)OCc1ccccc1)=C(C)N2. The molecule has 0 spiro atoms. The molecule has 0 saturated carbocycles. The second kappa shape index (κ2) is 13.0. The van der Waals surface area contributed by atoms with Crippen molar-refractivity contribution in [1.29, 1.82) is 0 Å². The summed E-state index contributed by atoms with van der Waals surface area (Å²) in [6, 6.07) is 20.2. The Bertz CT molecular complexity index is 1590. The lowest BCUT2D eigenvalue weighted by Crippen LogP contribution is -2.29. The zero-order valence-corrected chi connectivity index (χ0v) is 25.8. The topological polar surface area (TPSA) is 87.5 Å². The first-order valence-corrected chi connectivity index (χ1v) is 15.1. The van der Waals surface area contributed by atoms with Crippen molar-refractivity contribution >= 4 is 51.2 Å². The fourth-order valence-corrected chi connectivity index (χ4v) is 5.82. The first kappa shape index (κ1) is 29.0. The molecule has 0 saturated heterocycles. The van der Waals surface area contributed by atoms with Crippen LogP contribution in [0, 0.1) is 0 Å². The van der Waals surface area contributed by atoms with Gasteiger partial charge in [0.2, 0.25) is 11.1 Å². The van der Waals surface area contributed by atoms with E-state index in [0.29, 0.717) is 43.4 Å². The van der Waals surface area contributed by atoms with Crippen LogP contribution in [0.1, 0.15) is 36.6 Å². The minimum atomic E-state index is -0.629. The normalized spacial score (nSPS) is 14.3. The van der Waals surface area contributed by atoms with Gasteiger partial charge in [0, 0.05) is 16.3 Å². The van der Waals surface area contributed by atoms with Crippen molar-refractivity contribution in [1.82, 2.24) is 14.8 Å². The number of benzene rings is 3. The third-order valence-electron chi connectivity index (χ3n) is 6.44. The number of rotatable bonds is 10. The standard InChI is InChI=1S/C30H28BrClN4O4S/c1-4-41-30-34-29-33-18(2)25(28(37)40-16-19-10-6-5-7-11-19)26(36(29)35-30)21-14-22(31)27(24(15-21)38-3)39-17-20-12-8-9-13-23(20)32/h5-15,26H,4,16-17H2,1-3H3,(H,33,34,35). The van der Waals surface area contributed by atoms with E-state index < -0.39 is 12.0 Å². The molecule has 5 rings (SSSR count). The number of carbonyl (C=O) groups excluding carboxylic acids is 1. The van der Waals surface area contributed by atoms with Gasteiger partial charge >= 0.3 is 5.97 Å². The monoisotopic (exact) mass is 654 g/mol. The Morgan fingerprint density at radius 1 is 1.12 bits per heavy atom. The fourth-order valence-electron chi connectivity index (χ4n) is 4.50. The van der Waals surface area contributed by atoms with Gasteiger partial charge in [-0.15, -0.1) is 5.10 Å². The van der Waals surface area contributed by atoms with Crippen molar-refractivity contribution in [2.45, 2.75) is 38.3 Å². The van der Waals surface area contributed by atoms with E-state index in [1.54, 1.807) is 11.8 Å². The smallest absolute Gasteiger partial charge is 0.338 e. The van der Waals surface area contributed by atoms with Crippen molar-refractivity contribution in [3.8, 4) is 11.5 Å². The van der Waals surface area contributed by atoms with Gasteiger partial charge in [-0.1, -0.05) is 78.8 Å². The molecule has 8 nitrogen and oxygen atoms in total. The predicted molar refractivity (Wildman–Crippen MR) is 164 cm³/mol. The summed E-state index contributed by atoms with van der Waals surface area (Å²) >= 11 is 11.5. The van der Waals surface area contributed by atoms with Crippen LogP contribution in [0.2, 0.25) is 5.02 Å². The van der Waals surface area contributed by atoms with Crippen LogP contribution >= 0.6 is 39.3 Å². The van der Waals surface area contributed by atoms with Gasteiger partial charge in [0.05, 0.1) is 17.2 Å². The Morgan fingerprint density at radius 3 is 2.61 bits per heavy atom. The summed E-state index contributed by atoms with van der Waals surface area (Å²) in [6.45, 7) is 4.27. The number of halogens is 2. The largest absolute Gasteiger partial charge is 0.493 e. The van der Waals surface area contributed by atoms with E-state index >= 15 is 0 Å². The number of nitrogens with zero attached hydrogens (tertiary/aromatic N) is 3. The summed E-state index contributed by atoms with van der Waals surface area (Å²) in [5.41, 5.74) is 3.54. The second-order valence-electron chi connectivity index (χ2n) is 9.14. The van der Waals surface area contributed by atoms with Crippen LogP contribution in [0.25, 0.3) is 0 Å². The van der Waals surface area contributed by atoms with Crippen molar-refractivity contribution in [2.75, 3.05) is 18.2 Å². The van der Waals surface area contributed by atoms with Crippen LogP contribution in [0.5, 0.6) is 11.5 Å². The van der Waals surface area contributed by atoms with E-state index in [0.717, 1.165) is 22.4 Å². The van der Waals surface area contributed by atoms with Crippen LogP contribution in [0.4, 0.5) is 5.95 Å². The number of fused-ring (bicyclic) bond motifs is 1. The second-order valence-corrected chi connectivity index (χ2v) is 11.6. The molecule has 0 fully saturated rings. The molecule has 11 heteroatoms. The van der Waals surface area contributed by atoms with Gasteiger partial charge in [0.15, 0.2) is 11.5 Å². The molecule has 212 valence electrons. The van der Waals surface area contributed by atoms with Crippen LogP contribution in [-0.4, -0.2) is 33.6 Å². The van der Waals surface area contributed by atoms with Gasteiger partial charge in [0.25, 0.3) is 0 Å². The van der Waals surface area contributed by atoms with Crippen molar-refractivity contribution in [2.24, 2.45) is 0 Å². The first-order chi connectivity index (χ1) is 19.9. The first-order valence-electron chi connectivity index (χ1n) is 12.9. The number of nitrogens with one attached hydrogen (secondary N) is 1. The number of anilines is 1. The highest BCUT2D eigenvalue weighted by molar-refractivity contribution is 9.10. The summed E-state index contributed by atoms with van der Waals surface area (Å²) in [7, 11) is 1.57. The zero-order chi connectivity index (χ0) is 28.9. The number of hydrogen-bond donors (Lipinski definition) is 1. The van der Waals surface area contributed by atoms with Crippen LogP contribution in [-0.2, 0) is 22.7 Å². The average molecular weight is 656 g/mol. The van der Waals surface area contributed by atoms with E-state index in [4.69, 9.17) is 30.9 Å². The molecule has 1 N–H and O–H groups in total. The maximum Gasteiger partial charge on any atom is 0.338 e. The average Bonchev–Trinajstić information content (AvgIpc) is 3.37. The quantitative estimate of drug-likeness (QED) is 0.140. The molecule has 0 radical (unpaired) electrons. The summed E-state index contributed by atoms with van der Waals surface area (Å²) < 4.78 is 20.0. The number of aromatic nitrogens is 3. The lowest BCUT2D eigenvalue weighted by molar-refractivity contribution is -0.140. The molecule has 0 bridgehead atoms. The Labute approximate surface area is 256 Å². The molecular formula is C30H28BrClN4O4S. The number of allylic oxidation sites excluding steroid dienone is 1. The molecule has 0 amide bonds. The number of esters is 1. The van der Waals surface area contributed by atoms with Gasteiger partial charge in [-0.3, -0.25) is 0 Å². The molecule has 4 aromatic rings. The Kier molecular flexibility index (Phi) is 9.22. The number of hydrogen-bond acceptors (Lipinski definition) is 8. The van der Waals surface area contributed by atoms with Crippen LogP contribution in [0.15, 0.2) is 87.6 Å². The fraction of sp³-hybridized carbons (Fsp3) is 0.233. The molecular weight excluding hydrogens is 628 g/mol. The van der Waals surface area contributed by atoms with Crippen molar-refractivity contribution in [3.63, 3.8) is 0 Å². The molecule has 2 heterocycles. The lowest BCUT2D eigenvalue weighted by Gasteiger charge is -2.29. The van der Waals surface area contributed by atoms with Gasteiger partial charge in [-0.25, -0.2) is 9.48 Å². The molecule has 1 unspecified atom stereocenters. The van der Waals surface area contributed by atoms with E-state index in [1.807, 2.05) is 80.6 Å². The van der Waals surface area contributed by atoms with E-state index in [2.05, 4.69) is 26.2 Å². The van der Waals surface area contributed by atoms with Crippen molar-refractivity contribution < 1.29 is 19.0 Å². The lowest BCUT2D eigenvalue weighted by atomic mass is 9.95. The minimum Gasteiger partial charge on any atom is -0.493 e.